The minimum atomic E-state index is -0.174. The van der Waals surface area contributed by atoms with Crippen LogP contribution in [0.1, 0.15) is 40.0 Å². The molecule has 0 bridgehead atoms. The lowest BCUT2D eigenvalue weighted by molar-refractivity contribution is -0.126. The maximum Gasteiger partial charge on any atom is 0.142 e. The highest BCUT2D eigenvalue weighted by Gasteiger charge is 2.33. The zero-order chi connectivity index (χ0) is 8.48. The van der Waals surface area contributed by atoms with Crippen molar-refractivity contribution in [1.29, 1.82) is 0 Å². The summed E-state index contributed by atoms with van der Waals surface area (Å²) in [5.74, 6) is 0.400. The summed E-state index contributed by atoms with van der Waals surface area (Å²) in [7, 11) is 0. The fourth-order valence-corrected chi connectivity index (χ4v) is 1.75. The van der Waals surface area contributed by atoms with E-state index in [1.165, 1.54) is 5.57 Å². The topological polar surface area (TPSA) is 17.1 Å². The number of Topliss-reactive ketones (excluding diaryl/α,β-unsaturated/α-hetero) is 1. The standard InChI is InChI=1S/C10H16O/c1-4-8-6-5-7-9(11)10(8,2)3/h4H,5-7H2,1-3H3/b8-4+. The molecule has 0 atom stereocenters. The second-order valence-corrected chi connectivity index (χ2v) is 3.72. The minimum Gasteiger partial charge on any atom is -0.299 e. The maximum absolute atomic E-state index is 11.4. The van der Waals surface area contributed by atoms with Crippen molar-refractivity contribution in [2.75, 3.05) is 0 Å². The van der Waals surface area contributed by atoms with Crippen LogP contribution < -0.4 is 0 Å². The molecule has 1 aliphatic rings. The Morgan fingerprint density at radius 2 is 2.00 bits per heavy atom. The van der Waals surface area contributed by atoms with Crippen LogP contribution in [-0.4, -0.2) is 5.78 Å². The Balaban J connectivity index is 2.91. The van der Waals surface area contributed by atoms with Crippen LogP contribution in [0, 0.1) is 5.41 Å². The van der Waals surface area contributed by atoms with Crippen LogP contribution >= 0.6 is 0 Å². The predicted octanol–water partition coefficient (Wildman–Crippen LogP) is 2.71. The van der Waals surface area contributed by atoms with Crippen LogP contribution in [-0.2, 0) is 4.79 Å². The van der Waals surface area contributed by atoms with Gasteiger partial charge in [0.05, 0.1) is 0 Å². The summed E-state index contributed by atoms with van der Waals surface area (Å²) in [5.41, 5.74) is 1.14. The van der Waals surface area contributed by atoms with Crippen molar-refractivity contribution in [3.05, 3.63) is 11.6 Å². The van der Waals surface area contributed by atoms with Gasteiger partial charge in [-0.05, 0) is 33.6 Å². The fraction of sp³-hybridized carbons (Fsp3) is 0.700. The van der Waals surface area contributed by atoms with Crippen LogP contribution in [0.4, 0.5) is 0 Å². The molecule has 1 fully saturated rings. The van der Waals surface area contributed by atoms with E-state index in [9.17, 15) is 4.79 Å². The molecule has 11 heavy (non-hydrogen) atoms. The smallest absolute Gasteiger partial charge is 0.142 e. The van der Waals surface area contributed by atoms with Gasteiger partial charge in [-0.3, -0.25) is 4.79 Å². The number of allylic oxidation sites excluding steroid dienone is 2. The fourth-order valence-electron chi connectivity index (χ4n) is 1.75. The molecule has 0 spiro atoms. The first-order chi connectivity index (χ1) is 5.09. The number of ketones is 1. The number of hydrogen-bond donors (Lipinski definition) is 0. The van der Waals surface area contributed by atoms with Crippen LogP contribution in [0.15, 0.2) is 11.6 Å². The normalized spacial score (nSPS) is 27.5. The van der Waals surface area contributed by atoms with Gasteiger partial charge in [0.1, 0.15) is 5.78 Å². The number of carbonyl (C=O) groups excluding carboxylic acids is 1. The molecule has 62 valence electrons. The van der Waals surface area contributed by atoms with Gasteiger partial charge in [0, 0.05) is 11.8 Å². The Kier molecular flexibility index (Phi) is 2.17. The highest BCUT2D eigenvalue weighted by atomic mass is 16.1. The first-order valence-corrected chi connectivity index (χ1v) is 4.28. The van der Waals surface area contributed by atoms with Crippen LogP contribution in [0.5, 0.6) is 0 Å². The van der Waals surface area contributed by atoms with E-state index in [4.69, 9.17) is 0 Å². The van der Waals surface area contributed by atoms with E-state index in [-0.39, 0.29) is 5.41 Å². The quantitative estimate of drug-likeness (QED) is 0.488. The highest BCUT2D eigenvalue weighted by molar-refractivity contribution is 5.88. The largest absolute Gasteiger partial charge is 0.299 e. The molecular weight excluding hydrogens is 136 g/mol. The predicted molar refractivity (Wildman–Crippen MR) is 46.4 cm³/mol. The average molecular weight is 152 g/mol. The molecular formula is C10H16O. The van der Waals surface area contributed by atoms with E-state index in [2.05, 4.69) is 6.08 Å². The first-order valence-electron chi connectivity index (χ1n) is 4.28. The number of hydrogen-bond acceptors (Lipinski definition) is 1. The minimum absolute atomic E-state index is 0.174. The summed E-state index contributed by atoms with van der Waals surface area (Å²) in [6.07, 6.45) is 5.01. The third kappa shape index (κ3) is 1.37. The van der Waals surface area contributed by atoms with Crippen LogP contribution in [0.3, 0.4) is 0 Å². The summed E-state index contributed by atoms with van der Waals surface area (Å²) in [4.78, 5) is 11.4. The van der Waals surface area contributed by atoms with E-state index in [0.29, 0.717) is 5.78 Å². The second kappa shape index (κ2) is 2.80. The van der Waals surface area contributed by atoms with Gasteiger partial charge in [-0.1, -0.05) is 11.6 Å². The highest BCUT2D eigenvalue weighted by Crippen LogP contribution is 2.36. The van der Waals surface area contributed by atoms with E-state index < -0.39 is 0 Å². The molecule has 0 heterocycles. The third-order valence-electron chi connectivity index (χ3n) is 2.70. The second-order valence-electron chi connectivity index (χ2n) is 3.72. The lowest BCUT2D eigenvalue weighted by Gasteiger charge is -2.31. The van der Waals surface area contributed by atoms with Gasteiger partial charge in [0.25, 0.3) is 0 Å². The monoisotopic (exact) mass is 152 g/mol. The van der Waals surface area contributed by atoms with Crippen molar-refractivity contribution in [3.8, 4) is 0 Å². The molecule has 1 rings (SSSR count). The van der Waals surface area contributed by atoms with Crippen molar-refractivity contribution in [3.63, 3.8) is 0 Å². The molecule has 0 aliphatic heterocycles. The van der Waals surface area contributed by atoms with E-state index in [1.807, 2.05) is 20.8 Å². The molecule has 0 N–H and O–H groups in total. The molecule has 1 aliphatic carbocycles. The van der Waals surface area contributed by atoms with E-state index >= 15 is 0 Å². The SMILES string of the molecule is C/C=C1\CCCC(=O)C1(C)C. The van der Waals surface area contributed by atoms with Crippen molar-refractivity contribution < 1.29 is 4.79 Å². The number of rotatable bonds is 0. The summed E-state index contributed by atoms with van der Waals surface area (Å²) in [6.45, 7) is 6.09. The number of carbonyl (C=O) groups is 1. The Labute approximate surface area is 68.5 Å². The van der Waals surface area contributed by atoms with Crippen LogP contribution in [0.25, 0.3) is 0 Å². The lowest BCUT2D eigenvalue weighted by Crippen LogP contribution is -2.30. The molecule has 1 heteroatoms. The molecule has 0 aromatic heterocycles. The third-order valence-corrected chi connectivity index (χ3v) is 2.70. The average Bonchev–Trinajstić information content (AvgIpc) is 1.95. The molecule has 0 saturated heterocycles. The Hall–Kier alpha value is -0.590. The van der Waals surface area contributed by atoms with Crippen molar-refractivity contribution in [1.82, 2.24) is 0 Å². The van der Waals surface area contributed by atoms with Crippen molar-refractivity contribution in [2.45, 2.75) is 40.0 Å². The van der Waals surface area contributed by atoms with Gasteiger partial charge in [-0.15, -0.1) is 0 Å². The summed E-state index contributed by atoms with van der Waals surface area (Å²) in [5, 5.41) is 0. The van der Waals surface area contributed by atoms with E-state index in [1.54, 1.807) is 0 Å². The molecule has 1 saturated carbocycles. The molecule has 0 amide bonds. The van der Waals surface area contributed by atoms with Gasteiger partial charge in [0.15, 0.2) is 0 Å². The van der Waals surface area contributed by atoms with Crippen molar-refractivity contribution in [2.24, 2.45) is 5.41 Å². The molecule has 1 nitrogen and oxygen atoms in total. The lowest BCUT2D eigenvalue weighted by atomic mass is 9.72. The summed E-state index contributed by atoms with van der Waals surface area (Å²) < 4.78 is 0. The van der Waals surface area contributed by atoms with E-state index in [0.717, 1.165) is 19.3 Å². The summed E-state index contributed by atoms with van der Waals surface area (Å²) >= 11 is 0. The van der Waals surface area contributed by atoms with Crippen LogP contribution in [0.2, 0.25) is 0 Å². The van der Waals surface area contributed by atoms with Gasteiger partial charge in [-0.2, -0.15) is 0 Å². The summed E-state index contributed by atoms with van der Waals surface area (Å²) in [6, 6.07) is 0. The molecule has 0 radical (unpaired) electrons. The molecule has 0 unspecified atom stereocenters. The maximum atomic E-state index is 11.4. The first kappa shape index (κ1) is 8.51. The molecule has 0 aromatic carbocycles. The van der Waals surface area contributed by atoms with Gasteiger partial charge in [-0.25, -0.2) is 0 Å². The Morgan fingerprint density at radius 1 is 1.36 bits per heavy atom. The Morgan fingerprint density at radius 3 is 2.45 bits per heavy atom. The zero-order valence-corrected chi connectivity index (χ0v) is 7.61. The zero-order valence-electron chi connectivity index (χ0n) is 7.61. The Bertz CT molecular complexity index is 199. The van der Waals surface area contributed by atoms with Crippen molar-refractivity contribution >= 4 is 5.78 Å². The van der Waals surface area contributed by atoms with Gasteiger partial charge >= 0.3 is 0 Å². The molecule has 0 aromatic rings. The van der Waals surface area contributed by atoms with Gasteiger partial charge in [0.2, 0.25) is 0 Å². The van der Waals surface area contributed by atoms with Gasteiger partial charge < -0.3 is 0 Å².